The molecule has 1 aliphatic carbocycles. The van der Waals surface area contributed by atoms with E-state index in [9.17, 15) is 4.79 Å². The third-order valence-electron chi connectivity index (χ3n) is 5.96. The van der Waals surface area contributed by atoms with Crippen molar-refractivity contribution in [1.82, 2.24) is 15.1 Å². The molecule has 0 saturated heterocycles. The van der Waals surface area contributed by atoms with Gasteiger partial charge < -0.3 is 9.73 Å². The van der Waals surface area contributed by atoms with Crippen LogP contribution in [-0.2, 0) is 10.2 Å². The number of nitrogens with one attached hydrogen (secondary N) is 1. The van der Waals surface area contributed by atoms with Crippen LogP contribution in [0.3, 0.4) is 0 Å². The molecule has 2 heterocycles. The van der Waals surface area contributed by atoms with Gasteiger partial charge in [-0.25, -0.2) is 0 Å². The molecule has 0 spiro atoms. The second kappa shape index (κ2) is 8.07. The molecule has 0 bridgehead atoms. The predicted molar refractivity (Wildman–Crippen MR) is 113 cm³/mol. The Kier molecular flexibility index (Phi) is 5.50. The molecule has 0 radical (unpaired) electrons. The summed E-state index contributed by atoms with van der Waals surface area (Å²) in [7, 11) is 0. The number of aromatic nitrogens is 2. The fraction of sp³-hybridized carbons (Fsp3) is 0.391. The van der Waals surface area contributed by atoms with Crippen LogP contribution in [0.15, 0.2) is 53.1 Å². The van der Waals surface area contributed by atoms with Gasteiger partial charge in [0, 0.05) is 17.3 Å². The number of halogens is 1. The maximum Gasteiger partial charge on any atom is 0.230 e. The van der Waals surface area contributed by atoms with E-state index in [1.54, 1.807) is 6.26 Å². The quantitative estimate of drug-likeness (QED) is 0.623. The maximum absolute atomic E-state index is 13.4. The van der Waals surface area contributed by atoms with E-state index >= 15 is 0 Å². The second-order valence-corrected chi connectivity index (χ2v) is 8.35. The molecule has 1 fully saturated rings. The average molecular weight is 412 g/mol. The smallest absolute Gasteiger partial charge is 0.230 e. The van der Waals surface area contributed by atoms with Crippen LogP contribution in [0.2, 0.25) is 5.02 Å². The standard InChI is InChI=1S/C23H26ClN3O2/c1-16-14-17(2)27(26-16)20(21-6-5-13-29-21)15-25-22(28)23(11-3-4-12-23)18-7-9-19(24)10-8-18/h5-10,13-14,20H,3-4,11-12,15H2,1-2H3,(H,25,28)/t20-/m0/s1. The molecule has 1 saturated carbocycles. The highest BCUT2D eigenvalue weighted by atomic mass is 35.5. The van der Waals surface area contributed by atoms with Crippen LogP contribution < -0.4 is 5.32 Å². The van der Waals surface area contributed by atoms with Gasteiger partial charge >= 0.3 is 0 Å². The molecule has 152 valence electrons. The minimum Gasteiger partial charge on any atom is -0.467 e. The molecule has 1 N–H and O–H groups in total. The Morgan fingerprint density at radius 3 is 2.55 bits per heavy atom. The topological polar surface area (TPSA) is 60.1 Å². The van der Waals surface area contributed by atoms with Gasteiger partial charge in [-0.15, -0.1) is 0 Å². The first-order chi connectivity index (χ1) is 14.0. The third kappa shape index (κ3) is 3.84. The van der Waals surface area contributed by atoms with Crippen molar-refractivity contribution in [2.45, 2.75) is 51.0 Å². The van der Waals surface area contributed by atoms with E-state index < -0.39 is 5.41 Å². The Morgan fingerprint density at radius 2 is 1.97 bits per heavy atom. The Hall–Kier alpha value is -2.53. The van der Waals surface area contributed by atoms with Gasteiger partial charge in [0.15, 0.2) is 0 Å². The number of aryl methyl sites for hydroxylation is 2. The molecule has 3 aromatic rings. The van der Waals surface area contributed by atoms with Gasteiger partial charge in [-0.1, -0.05) is 36.6 Å². The van der Waals surface area contributed by atoms with Crippen molar-refractivity contribution in [3.05, 3.63) is 76.5 Å². The van der Waals surface area contributed by atoms with Gasteiger partial charge in [0.05, 0.1) is 17.4 Å². The number of carbonyl (C=O) groups excluding carboxylic acids is 1. The lowest BCUT2D eigenvalue weighted by atomic mass is 9.78. The molecule has 1 aliphatic rings. The maximum atomic E-state index is 13.4. The largest absolute Gasteiger partial charge is 0.467 e. The molecule has 1 aromatic carbocycles. The number of carbonyl (C=O) groups is 1. The summed E-state index contributed by atoms with van der Waals surface area (Å²) in [5.41, 5.74) is 2.52. The normalized spacial score (nSPS) is 16.7. The molecule has 29 heavy (non-hydrogen) atoms. The average Bonchev–Trinajstić information content (AvgIpc) is 3.45. The van der Waals surface area contributed by atoms with Gasteiger partial charge in [0.25, 0.3) is 0 Å². The van der Waals surface area contributed by atoms with Crippen LogP contribution in [-0.4, -0.2) is 22.2 Å². The molecule has 1 atom stereocenters. The first-order valence-electron chi connectivity index (χ1n) is 10.1. The van der Waals surface area contributed by atoms with E-state index in [2.05, 4.69) is 10.4 Å². The SMILES string of the molecule is Cc1cc(C)n([C@@H](CNC(=O)C2(c3ccc(Cl)cc3)CCCC2)c2ccco2)n1. The van der Waals surface area contributed by atoms with Crippen LogP contribution >= 0.6 is 11.6 Å². The molecule has 6 heteroatoms. The summed E-state index contributed by atoms with van der Waals surface area (Å²) in [6, 6.07) is 13.3. The van der Waals surface area contributed by atoms with Crippen molar-refractivity contribution in [2.75, 3.05) is 6.54 Å². The number of rotatable bonds is 6. The number of hydrogen-bond donors (Lipinski definition) is 1. The minimum atomic E-state index is -0.493. The van der Waals surface area contributed by atoms with Crippen molar-refractivity contribution >= 4 is 17.5 Å². The summed E-state index contributed by atoms with van der Waals surface area (Å²) < 4.78 is 7.60. The Labute approximate surface area is 176 Å². The first-order valence-corrected chi connectivity index (χ1v) is 10.5. The van der Waals surface area contributed by atoms with Crippen LogP contribution in [0.5, 0.6) is 0 Å². The summed E-state index contributed by atoms with van der Waals surface area (Å²) >= 11 is 6.07. The van der Waals surface area contributed by atoms with Crippen LogP contribution in [0.4, 0.5) is 0 Å². The van der Waals surface area contributed by atoms with E-state index in [1.807, 2.05) is 61.0 Å². The molecule has 1 amide bonds. The number of nitrogens with zero attached hydrogens (tertiary/aromatic N) is 2. The van der Waals surface area contributed by atoms with Crippen LogP contribution in [0.1, 0.15) is 54.4 Å². The number of furan rings is 1. The second-order valence-electron chi connectivity index (χ2n) is 7.91. The van der Waals surface area contributed by atoms with Crippen LogP contribution in [0.25, 0.3) is 0 Å². The fourth-order valence-electron chi connectivity index (χ4n) is 4.50. The van der Waals surface area contributed by atoms with Crippen molar-refractivity contribution in [3.63, 3.8) is 0 Å². The lowest BCUT2D eigenvalue weighted by Crippen LogP contribution is -2.44. The number of amides is 1. The minimum absolute atomic E-state index is 0.0652. The predicted octanol–water partition coefficient (Wildman–Crippen LogP) is 4.96. The van der Waals surface area contributed by atoms with Crippen molar-refractivity contribution in [3.8, 4) is 0 Å². The summed E-state index contributed by atoms with van der Waals surface area (Å²) in [5.74, 6) is 0.846. The van der Waals surface area contributed by atoms with Gasteiger partial charge in [0.1, 0.15) is 11.8 Å². The van der Waals surface area contributed by atoms with Gasteiger partial charge in [-0.05, 0) is 62.6 Å². The van der Waals surface area contributed by atoms with Gasteiger partial charge in [-0.3, -0.25) is 9.48 Å². The molecule has 4 rings (SSSR count). The summed E-state index contributed by atoms with van der Waals surface area (Å²) in [4.78, 5) is 13.4. The summed E-state index contributed by atoms with van der Waals surface area (Å²) in [6.45, 7) is 4.41. The molecule has 5 nitrogen and oxygen atoms in total. The monoisotopic (exact) mass is 411 g/mol. The Balaban J connectivity index is 1.58. The van der Waals surface area contributed by atoms with E-state index in [4.69, 9.17) is 16.0 Å². The lowest BCUT2D eigenvalue weighted by molar-refractivity contribution is -0.126. The zero-order valence-electron chi connectivity index (χ0n) is 16.8. The highest BCUT2D eigenvalue weighted by molar-refractivity contribution is 6.30. The Morgan fingerprint density at radius 1 is 1.24 bits per heavy atom. The zero-order valence-corrected chi connectivity index (χ0v) is 17.6. The Bertz CT molecular complexity index is 970. The highest BCUT2D eigenvalue weighted by Gasteiger charge is 2.42. The first kappa shape index (κ1) is 19.8. The molecule has 0 unspecified atom stereocenters. The van der Waals surface area contributed by atoms with Crippen molar-refractivity contribution in [1.29, 1.82) is 0 Å². The summed E-state index contributed by atoms with van der Waals surface area (Å²) in [6.07, 6.45) is 5.46. The number of hydrogen-bond acceptors (Lipinski definition) is 3. The summed E-state index contributed by atoms with van der Waals surface area (Å²) in [5, 5.41) is 8.51. The van der Waals surface area contributed by atoms with E-state index in [0.717, 1.165) is 48.4 Å². The van der Waals surface area contributed by atoms with E-state index in [-0.39, 0.29) is 11.9 Å². The van der Waals surface area contributed by atoms with E-state index in [0.29, 0.717) is 11.6 Å². The highest BCUT2D eigenvalue weighted by Crippen LogP contribution is 2.41. The number of benzene rings is 1. The zero-order chi connectivity index (χ0) is 20.4. The molecular weight excluding hydrogens is 386 g/mol. The fourth-order valence-corrected chi connectivity index (χ4v) is 4.63. The van der Waals surface area contributed by atoms with Gasteiger partial charge in [0.2, 0.25) is 5.91 Å². The molecular formula is C23H26ClN3O2. The van der Waals surface area contributed by atoms with E-state index in [1.165, 1.54) is 0 Å². The van der Waals surface area contributed by atoms with Crippen molar-refractivity contribution < 1.29 is 9.21 Å². The molecule has 0 aliphatic heterocycles. The third-order valence-corrected chi connectivity index (χ3v) is 6.21. The lowest BCUT2D eigenvalue weighted by Gasteiger charge is -2.29. The van der Waals surface area contributed by atoms with Crippen LogP contribution in [0, 0.1) is 13.8 Å². The van der Waals surface area contributed by atoms with Gasteiger partial charge in [-0.2, -0.15) is 5.10 Å². The molecule has 2 aromatic heterocycles. The van der Waals surface area contributed by atoms with Crippen molar-refractivity contribution in [2.24, 2.45) is 0 Å².